The van der Waals surface area contributed by atoms with Crippen LogP contribution in [0.5, 0.6) is 0 Å². The van der Waals surface area contributed by atoms with Gasteiger partial charge in [-0.05, 0) is 27.3 Å². The minimum absolute atomic E-state index is 0.100. The van der Waals surface area contributed by atoms with Gasteiger partial charge in [0.1, 0.15) is 0 Å². The van der Waals surface area contributed by atoms with Gasteiger partial charge in [0.2, 0.25) is 0 Å². The van der Waals surface area contributed by atoms with Crippen LogP contribution in [0.15, 0.2) is 12.4 Å². The summed E-state index contributed by atoms with van der Waals surface area (Å²) in [5.41, 5.74) is 7.34. The molecule has 3 atom stereocenters. The Morgan fingerprint density at radius 1 is 1.47 bits per heavy atom. The largest absolute Gasteiger partial charge is 0.326 e. The van der Waals surface area contributed by atoms with Crippen LogP contribution in [0.2, 0.25) is 0 Å². The van der Waals surface area contributed by atoms with Gasteiger partial charge in [0.15, 0.2) is 0 Å². The Kier molecular flexibility index (Phi) is 5.15. The van der Waals surface area contributed by atoms with Crippen LogP contribution in [0.1, 0.15) is 45.2 Å². The average molecular weight is 238 g/mol. The van der Waals surface area contributed by atoms with Crippen LogP contribution in [-0.2, 0) is 7.05 Å². The van der Waals surface area contributed by atoms with E-state index in [0.717, 1.165) is 0 Å². The third-order valence-electron chi connectivity index (χ3n) is 3.40. The smallest absolute Gasteiger partial charge is 0.0538 e. The lowest BCUT2D eigenvalue weighted by Crippen LogP contribution is -2.41. The summed E-state index contributed by atoms with van der Waals surface area (Å²) in [6, 6.07) is 0.880. The maximum Gasteiger partial charge on any atom is 0.0538 e. The summed E-state index contributed by atoms with van der Waals surface area (Å²) in [5, 5.41) is 4.24. The van der Waals surface area contributed by atoms with Crippen molar-refractivity contribution in [1.82, 2.24) is 14.7 Å². The van der Waals surface area contributed by atoms with Crippen LogP contribution in [0.3, 0.4) is 0 Å². The zero-order chi connectivity index (χ0) is 13.0. The summed E-state index contributed by atoms with van der Waals surface area (Å²) in [7, 11) is 4.10. The number of hydrogen-bond acceptors (Lipinski definition) is 3. The van der Waals surface area contributed by atoms with E-state index in [9.17, 15) is 0 Å². The Bertz CT molecular complexity index is 332. The van der Waals surface area contributed by atoms with E-state index in [-0.39, 0.29) is 12.1 Å². The predicted octanol–water partition coefficient (Wildman–Crippen LogP) is 1.93. The fourth-order valence-electron chi connectivity index (χ4n) is 2.40. The first-order valence-electron chi connectivity index (χ1n) is 6.43. The zero-order valence-electron chi connectivity index (χ0n) is 11.7. The van der Waals surface area contributed by atoms with E-state index in [1.165, 1.54) is 18.4 Å². The molecule has 0 aliphatic heterocycles. The van der Waals surface area contributed by atoms with Crippen molar-refractivity contribution in [3.8, 4) is 0 Å². The van der Waals surface area contributed by atoms with E-state index >= 15 is 0 Å². The molecule has 1 aromatic heterocycles. The van der Waals surface area contributed by atoms with E-state index in [4.69, 9.17) is 5.73 Å². The van der Waals surface area contributed by atoms with Crippen molar-refractivity contribution < 1.29 is 0 Å². The lowest BCUT2D eigenvalue weighted by molar-refractivity contribution is 0.157. The maximum atomic E-state index is 6.13. The molecule has 0 amide bonds. The molecule has 3 unspecified atom stereocenters. The van der Waals surface area contributed by atoms with E-state index in [1.807, 2.05) is 17.9 Å². The maximum absolute atomic E-state index is 6.13. The highest BCUT2D eigenvalue weighted by molar-refractivity contribution is 5.13. The first-order valence-corrected chi connectivity index (χ1v) is 6.43. The Morgan fingerprint density at radius 2 is 2.12 bits per heavy atom. The lowest BCUT2D eigenvalue weighted by Gasteiger charge is -2.35. The summed E-state index contributed by atoms with van der Waals surface area (Å²) >= 11 is 0. The molecule has 0 aliphatic rings. The van der Waals surface area contributed by atoms with E-state index in [1.54, 1.807) is 0 Å². The van der Waals surface area contributed by atoms with Crippen LogP contribution in [-0.4, -0.2) is 33.8 Å². The third kappa shape index (κ3) is 3.54. The van der Waals surface area contributed by atoms with Gasteiger partial charge in [-0.15, -0.1) is 0 Å². The van der Waals surface area contributed by atoms with Gasteiger partial charge >= 0.3 is 0 Å². The van der Waals surface area contributed by atoms with E-state index in [0.29, 0.717) is 6.04 Å². The van der Waals surface area contributed by atoms with Gasteiger partial charge in [0.05, 0.1) is 12.2 Å². The van der Waals surface area contributed by atoms with Crippen molar-refractivity contribution in [2.75, 3.05) is 7.05 Å². The highest BCUT2D eigenvalue weighted by Gasteiger charge is 2.25. The van der Waals surface area contributed by atoms with Crippen LogP contribution in [0, 0.1) is 0 Å². The van der Waals surface area contributed by atoms with Gasteiger partial charge in [0.25, 0.3) is 0 Å². The molecule has 0 aromatic carbocycles. The van der Waals surface area contributed by atoms with Gasteiger partial charge in [-0.3, -0.25) is 9.58 Å². The number of rotatable bonds is 6. The highest BCUT2D eigenvalue weighted by Crippen LogP contribution is 2.24. The zero-order valence-corrected chi connectivity index (χ0v) is 11.7. The summed E-state index contributed by atoms with van der Waals surface area (Å²) < 4.78 is 1.84. The molecule has 1 aromatic rings. The Morgan fingerprint density at radius 3 is 2.53 bits per heavy atom. The second-order valence-corrected chi connectivity index (χ2v) is 5.05. The SMILES string of the molecule is CCCC(C)N(C)C(c1cnn(C)c1)C(C)N. The molecule has 4 nitrogen and oxygen atoms in total. The molecular weight excluding hydrogens is 212 g/mol. The standard InChI is InChI=1S/C13H26N4/c1-6-7-10(2)17(5)13(11(3)14)12-8-15-16(4)9-12/h8-11,13H,6-7,14H2,1-5H3. The average Bonchev–Trinajstić information content (AvgIpc) is 2.64. The number of likely N-dealkylation sites (N-methyl/N-ethyl adjacent to an activating group) is 1. The van der Waals surface area contributed by atoms with Crippen molar-refractivity contribution >= 4 is 0 Å². The molecule has 17 heavy (non-hydrogen) atoms. The van der Waals surface area contributed by atoms with Crippen LogP contribution < -0.4 is 5.73 Å². The molecule has 0 spiro atoms. The first-order chi connectivity index (χ1) is 7.97. The summed E-state index contributed by atoms with van der Waals surface area (Å²) in [6.07, 6.45) is 6.37. The van der Waals surface area contributed by atoms with Gasteiger partial charge in [-0.25, -0.2) is 0 Å². The molecule has 0 saturated carbocycles. The van der Waals surface area contributed by atoms with E-state index in [2.05, 4.69) is 44.0 Å². The van der Waals surface area contributed by atoms with Crippen LogP contribution >= 0.6 is 0 Å². The van der Waals surface area contributed by atoms with Crippen molar-refractivity contribution in [1.29, 1.82) is 0 Å². The van der Waals surface area contributed by atoms with Crippen molar-refractivity contribution in [3.05, 3.63) is 18.0 Å². The second kappa shape index (κ2) is 6.17. The molecule has 4 heteroatoms. The molecule has 0 fully saturated rings. The van der Waals surface area contributed by atoms with Gasteiger partial charge in [-0.1, -0.05) is 13.3 Å². The first kappa shape index (κ1) is 14.2. The fourth-order valence-corrected chi connectivity index (χ4v) is 2.40. The minimum Gasteiger partial charge on any atom is -0.326 e. The number of aromatic nitrogens is 2. The number of hydrogen-bond donors (Lipinski definition) is 1. The Hall–Kier alpha value is -0.870. The van der Waals surface area contributed by atoms with Crippen LogP contribution in [0.25, 0.3) is 0 Å². The molecule has 98 valence electrons. The van der Waals surface area contributed by atoms with Crippen molar-refractivity contribution in [3.63, 3.8) is 0 Å². The fraction of sp³-hybridized carbons (Fsp3) is 0.769. The highest BCUT2D eigenvalue weighted by atomic mass is 15.3. The Balaban J connectivity index is 2.86. The molecule has 1 heterocycles. The lowest BCUT2D eigenvalue weighted by atomic mass is 10.0. The number of nitrogens with two attached hydrogens (primary N) is 1. The molecule has 0 saturated heterocycles. The van der Waals surface area contributed by atoms with Gasteiger partial charge in [-0.2, -0.15) is 5.10 Å². The summed E-state index contributed by atoms with van der Waals surface area (Å²) in [5.74, 6) is 0. The quantitative estimate of drug-likeness (QED) is 0.823. The molecule has 2 N–H and O–H groups in total. The van der Waals surface area contributed by atoms with Crippen LogP contribution in [0.4, 0.5) is 0 Å². The number of aryl methyl sites for hydroxylation is 1. The molecule has 0 radical (unpaired) electrons. The second-order valence-electron chi connectivity index (χ2n) is 5.05. The summed E-state index contributed by atoms with van der Waals surface area (Å²) in [4.78, 5) is 2.37. The molecule has 1 rings (SSSR count). The Labute approximate surface area is 105 Å². The van der Waals surface area contributed by atoms with Crippen molar-refractivity contribution in [2.45, 2.75) is 51.7 Å². The monoisotopic (exact) mass is 238 g/mol. The van der Waals surface area contributed by atoms with Crippen molar-refractivity contribution in [2.24, 2.45) is 12.8 Å². The topological polar surface area (TPSA) is 47.1 Å². The van der Waals surface area contributed by atoms with E-state index < -0.39 is 0 Å². The molecular formula is C13H26N4. The van der Waals surface area contributed by atoms with Gasteiger partial charge < -0.3 is 5.73 Å². The van der Waals surface area contributed by atoms with Gasteiger partial charge in [0, 0.05) is 30.9 Å². The minimum atomic E-state index is 0.100. The molecule has 0 bridgehead atoms. The predicted molar refractivity (Wildman–Crippen MR) is 71.7 cm³/mol. The summed E-state index contributed by atoms with van der Waals surface area (Å²) in [6.45, 7) is 6.54. The number of nitrogens with zero attached hydrogens (tertiary/aromatic N) is 3. The normalized spacial score (nSPS) is 17.1. The molecule has 0 aliphatic carbocycles. The third-order valence-corrected chi connectivity index (χ3v) is 3.40.